The van der Waals surface area contributed by atoms with Gasteiger partial charge >= 0.3 is 0 Å². The lowest BCUT2D eigenvalue weighted by atomic mass is 10.2. The molecule has 7 heteroatoms. The minimum atomic E-state index is -0.477. The van der Waals surface area contributed by atoms with Crippen LogP contribution in [0.2, 0.25) is 0 Å². The normalized spacial score (nSPS) is 10.6. The Bertz CT molecular complexity index is 794. The van der Waals surface area contributed by atoms with Crippen molar-refractivity contribution < 1.29 is 9.18 Å². The Labute approximate surface area is 126 Å². The molecule has 0 bridgehead atoms. The smallest absolute Gasteiger partial charge is 0.276 e. The molecule has 0 atom stereocenters. The summed E-state index contributed by atoms with van der Waals surface area (Å²) in [6.45, 7) is 2.23. The Morgan fingerprint density at radius 1 is 1.27 bits per heavy atom. The molecule has 3 aromatic rings. The third-order valence-corrected chi connectivity index (χ3v) is 3.09. The van der Waals surface area contributed by atoms with E-state index in [2.05, 4.69) is 15.5 Å². The summed E-state index contributed by atoms with van der Waals surface area (Å²) in [4.78, 5) is 12.1. The maximum atomic E-state index is 13.7. The molecule has 22 heavy (non-hydrogen) atoms. The second kappa shape index (κ2) is 5.80. The largest absolute Gasteiger partial charge is 0.318 e. The zero-order valence-electron chi connectivity index (χ0n) is 11.9. The van der Waals surface area contributed by atoms with Crippen LogP contribution < -0.4 is 5.32 Å². The van der Waals surface area contributed by atoms with E-state index in [-0.39, 0.29) is 11.4 Å². The molecule has 0 fully saturated rings. The van der Waals surface area contributed by atoms with E-state index in [9.17, 15) is 9.18 Å². The number of hydrogen-bond acceptors (Lipinski definition) is 3. The highest BCUT2D eigenvalue weighted by Gasteiger charge is 2.12. The maximum Gasteiger partial charge on any atom is 0.276 e. The van der Waals surface area contributed by atoms with Gasteiger partial charge in [0.1, 0.15) is 12.5 Å². The average Bonchev–Trinajstić information content (AvgIpc) is 3.15. The van der Waals surface area contributed by atoms with Crippen LogP contribution in [0.1, 0.15) is 16.1 Å². The van der Waals surface area contributed by atoms with E-state index in [1.807, 2.05) is 6.92 Å². The van der Waals surface area contributed by atoms with Crippen LogP contribution >= 0.6 is 0 Å². The standard InChI is InChI=1S/C15H14FN5O/c1-11-3-4-12(16)14(9-11)18-15(22)13-5-8-21(19-13)10-20-7-2-6-17-20/h2-9H,10H2,1H3,(H,18,22). The number of halogens is 1. The number of aromatic nitrogens is 4. The van der Waals surface area contributed by atoms with Gasteiger partial charge in [-0.2, -0.15) is 10.2 Å². The first-order valence-electron chi connectivity index (χ1n) is 6.70. The highest BCUT2D eigenvalue weighted by molar-refractivity contribution is 6.02. The minimum Gasteiger partial charge on any atom is -0.318 e. The van der Waals surface area contributed by atoms with Crippen molar-refractivity contribution >= 4 is 11.6 Å². The summed E-state index contributed by atoms with van der Waals surface area (Å²) in [5.74, 6) is -0.932. The number of hydrogen-bond donors (Lipinski definition) is 1. The highest BCUT2D eigenvalue weighted by Crippen LogP contribution is 2.16. The molecule has 2 heterocycles. The molecule has 1 aromatic carbocycles. The van der Waals surface area contributed by atoms with Crippen molar-refractivity contribution in [2.24, 2.45) is 0 Å². The van der Waals surface area contributed by atoms with Crippen LogP contribution in [0.3, 0.4) is 0 Å². The number of amides is 1. The lowest BCUT2D eigenvalue weighted by molar-refractivity contribution is 0.102. The number of nitrogens with zero attached hydrogens (tertiary/aromatic N) is 4. The predicted molar refractivity (Wildman–Crippen MR) is 78.9 cm³/mol. The zero-order valence-corrected chi connectivity index (χ0v) is 11.9. The molecule has 0 saturated heterocycles. The van der Waals surface area contributed by atoms with Gasteiger partial charge in [-0.1, -0.05) is 6.07 Å². The zero-order chi connectivity index (χ0) is 15.5. The fraction of sp³-hybridized carbons (Fsp3) is 0.133. The lowest BCUT2D eigenvalue weighted by Gasteiger charge is -2.06. The van der Waals surface area contributed by atoms with Crippen molar-refractivity contribution in [1.82, 2.24) is 19.6 Å². The van der Waals surface area contributed by atoms with Gasteiger partial charge < -0.3 is 5.32 Å². The van der Waals surface area contributed by atoms with Gasteiger partial charge in [-0.05, 0) is 36.8 Å². The molecule has 3 rings (SSSR count). The Hall–Kier alpha value is -2.96. The number of anilines is 1. The lowest BCUT2D eigenvalue weighted by Crippen LogP contribution is -2.15. The van der Waals surface area contributed by atoms with Gasteiger partial charge in [-0.25, -0.2) is 4.39 Å². The fourth-order valence-corrected chi connectivity index (χ4v) is 2.02. The summed E-state index contributed by atoms with van der Waals surface area (Å²) < 4.78 is 16.9. The van der Waals surface area contributed by atoms with Crippen molar-refractivity contribution in [3.8, 4) is 0 Å². The van der Waals surface area contributed by atoms with Crippen LogP contribution in [0.5, 0.6) is 0 Å². The van der Waals surface area contributed by atoms with E-state index in [1.165, 1.54) is 6.07 Å². The molecular weight excluding hydrogens is 285 g/mol. The molecule has 2 aromatic heterocycles. The Morgan fingerprint density at radius 2 is 2.14 bits per heavy atom. The van der Waals surface area contributed by atoms with Crippen LogP contribution in [0.15, 0.2) is 48.9 Å². The van der Waals surface area contributed by atoms with Gasteiger partial charge in [0.2, 0.25) is 0 Å². The van der Waals surface area contributed by atoms with E-state index in [0.29, 0.717) is 6.67 Å². The molecule has 0 aliphatic rings. The van der Waals surface area contributed by atoms with Crippen LogP contribution in [0.25, 0.3) is 0 Å². The van der Waals surface area contributed by atoms with Crippen molar-refractivity contribution in [3.63, 3.8) is 0 Å². The topological polar surface area (TPSA) is 64.7 Å². The summed E-state index contributed by atoms with van der Waals surface area (Å²) in [5, 5.41) is 10.7. The molecule has 1 amide bonds. The third kappa shape index (κ3) is 3.03. The SMILES string of the molecule is Cc1ccc(F)c(NC(=O)c2ccn(Cn3cccn3)n2)c1. The maximum absolute atomic E-state index is 13.7. The number of nitrogens with one attached hydrogen (secondary N) is 1. The molecule has 1 N–H and O–H groups in total. The van der Waals surface area contributed by atoms with Gasteiger partial charge in [0.15, 0.2) is 5.69 Å². The van der Waals surface area contributed by atoms with Gasteiger partial charge in [-0.15, -0.1) is 0 Å². The molecule has 112 valence electrons. The monoisotopic (exact) mass is 299 g/mol. The van der Waals surface area contributed by atoms with Crippen LogP contribution in [0, 0.1) is 12.7 Å². The quantitative estimate of drug-likeness (QED) is 0.804. The van der Waals surface area contributed by atoms with Crippen LogP contribution in [0.4, 0.5) is 10.1 Å². The molecule has 0 aliphatic carbocycles. The van der Waals surface area contributed by atoms with Crippen molar-refractivity contribution in [2.45, 2.75) is 13.6 Å². The van der Waals surface area contributed by atoms with Crippen LogP contribution in [-0.4, -0.2) is 25.5 Å². The fourth-order valence-electron chi connectivity index (χ4n) is 2.02. The summed E-state index contributed by atoms with van der Waals surface area (Å²) in [6, 6.07) is 7.92. The summed E-state index contributed by atoms with van der Waals surface area (Å²) in [7, 11) is 0. The molecule has 6 nitrogen and oxygen atoms in total. The van der Waals surface area contributed by atoms with E-state index in [4.69, 9.17) is 0 Å². The minimum absolute atomic E-state index is 0.145. The van der Waals surface area contributed by atoms with Gasteiger partial charge in [0.25, 0.3) is 5.91 Å². The van der Waals surface area contributed by atoms with E-state index in [0.717, 1.165) is 5.56 Å². The van der Waals surface area contributed by atoms with E-state index >= 15 is 0 Å². The first kappa shape index (κ1) is 14.0. The molecule has 0 unspecified atom stereocenters. The number of rotatable bonds is 4. The first-order chi connectivity index (χ1) is 10.6. The number of benzene rings is 1. The molecular formula is C15H14FN5O. The predicted octanol–water partition coefficient (Wildman–Crippen LogP) is 2.29. The average molecular weight is 299 g/mol. The van der Waals surface area contributed by atoms with Crippen LogP contribution in [-0.2, 0) is 6.67 Å². The summed E-state index contributed by atoms with van der Waals surface area (Å²) in [5.41, 5.74) is 1.22. The Kier molecular flexibility index (Phi) is 3.69. The summed E-state index contributed by atoms with van der Waals surface area (Å²) >= 11 is 0. The second-order valence-electron chi connectivity index (χ2n) is 4.86. The van der Waals surface area contributed by atoms with Gasteiger partial charge in [-0.3, -0.25) is 14.2 Å². The van der Waals surface area contributed by atoms with Crippen molar-refractivity contribution in [1.29, 1.82) is 0 Å². The van der Waals surface area contributed by atoms with Gasteiger partial charge in [0, 0.05) is 18.6 Å². The van der Waals surface area contributed by atoms with E-state index < -0.39 is 11.7 Å². The first-order valence-corrected chi connectivity index (χ1v) is 6.70. The number of carbonyl (C=O) groups excluding carboxylic acids is 1. The Morgan fingerprint density at radius 3 is 2.91 bits per heavy atom. The molecule has 0 saturated carbocycles. The molecule has 0 spiro atoms. The second-order valence-corrected chi connectivity index (χ2v) is 4.86. The Balaban J connectivity index is 1.72. The number of carbonyl (C=O) groups is 1. The molecule has 0 aliphatic heterocycles. The number of aryl methyl sites for hydroxylation is 1. The van der Waals surface area contributed by atoms with Gasteiger partial charge in [0.05, 0.1) is 5.69 Å². The molecule has 0 radical (unpaired) electrons. The van der Waals surface area contributed by atoms with E-state index in [1.54, 1.807) is 52.2 Å². The van der Waals surface area contributed by atoms with Crippen molar-refractivity contribution in [3.05, 3.63) is 66.0 Å². The third-order valence-electron chi connectivity index (χ3n) is 3.09. The summed E-state index contributed by atoms with van der Waals surface area (Å²) in [6.07, 6.45) is 5.13. The highest BCUT2D eigenvalue weighted by atomic mass is 19.1. The van der Waals surface area contributed by atoms with Crippen molar-refractivity contribution in [2.75, 3.05) is 5.32 Å².